The molecule has 3 heteroatoms. The molecule has 1 atom stereocenters. The topological polar surface area (TPSA) is 44.3 Å². The second-order valence-corrected chi connectivity index (χ2v) is 5.37. The van der Waals surface area contributed by atoms with Crippen molar-refractivity contribution in [2.45, 2.75) is 46.8 Å². The van der Waals surface area contributed by atoms with E-state index >= 15 is 0 Å². The van der Waals surface area contributed by atoms with Crippen LogP contribution in [0.25, 0.3) is 0 Å². The van der Waals surface area contributed by atoms with Crippen molar-refractivity contribution in [3.05, 3.63) is 28.8 Å². The van der Waals surface area contributed by atoms with Crippen LogP contribution in [-0.2, 0) is 0 Å². The van der Waals surface area contributed by atoms with E-state index in [1.54, 1.807) is 0 Å². The van der Waals surface area contributed by atoms with Crippen LogP contribution in [0.5, 0.6) is 0 Å². The van der Waals surface area contributed by atoms with E-state index < -0.39 is 0 Å². The van der Waals surface area contributed by atoms with E-state index in [1.807, 2.05) is 0 Å². The molecule has 0 bridgehead atoms. The molecule has 102 valence electrons. The molecule has 0 aliphatic rings. The predicted molar refractivity (Wildman–Crippen MR) is 78.3 cm³/mol. The monoisotopic (exact) mass is 250 g/mol. The smallest absolute Gasteiger partial charge is 0.0836 e. The number of anilines is 1. The first-order valence-electron chi connectivity index (χ1n) is 6.63. The van der Waals surface area contributed by atoms with Crippen LogP contribution in [0.15, 0.2) is 12.1 Å². The van der Waals surface area contributed by atoms with Crippen molar-refractivity contribution in [2.75, 3.05) is 18.4 Å². The third kappa shape index (κ3) is 4.67. The van der Waals surface area contributed by atoms with Crippen LogP contribution in [-0.4, -0.2) is 30.3 Å². The minimum Gasteiger partial charge on any atom is -0.390 e. The minimum atomic E-state index is -0.368. The second kappa shape index (κ2) is 6.76. The third-order valence-corrected chi connectivity index (χ3v) is 2.95. The molecular formula is C15H26N2O. The first-order chi connectivity index (χ1) is 8.40. The van der Waals surface area contributed by atoms with Gasteiger partial charge in [-0.1, -0.05) is 31.5 Å². The van der Waals surface area contributed by atoms with Crippen molar-refractivity contribution >= 4 is 5.69 Å². The van der Waals surface area contributed by atoms with Crippen molar-refractivity contribution in [3.63, 3.8) is 0 Å². The Morgan fingerprint density at radius 3 is 2.11 bits per heavy atom. The molecule has 0 amide bonds. The summed E-state index contributed by atoms with van der Waals surface area (Å²) in [5.41, 5.74) is 4.88. The molecule has 0 radical (unpaired) electrons. The summed E-state index contributed by atoms with van der Waals surface area (Å²) in [5, 5.41) is 16.4. The standard InChI is InChI=1S/C15H26N2O/c1-10(2)16-8-14(18)9-17-15-12(4)6-11(3)7-13(15)5/h6-7,10,14,16-18H,8-9H2,1-5H3. The molecule has 0 aliphatic carbocycles. The van der Waals surface area contributed by atoms with Crippen molar-refractivity contribution < 1.29 is 5.11 Å². The first kappa shape index (κ1) is 15.0. The summed E-state index contributed by atoms with van der Waals surface area (Å²) in [5.74, 6) is 0. The van der Waals surface area contributed by atoms with Crippen molar-refractivity contribution in [3.8, 4) is 0 Å². The number of nitrogens with one attached hydrogen (secondary N) is 2. The second-order valence-electron chi connectivity index (χ2n) is 5.37. The van der Waals surface area contributed by atoms with Gasteiger partial charge in [0.05, 0.1) is 6.10 Å². The van der Waals surface area contributed by atoms with Gasteiger partial charge in [0, 0.05) is 24.8 Å². The Bertz CT molecular complexity index is 365. The van der Waals surface area contributed by atoms with Gasteiger partial charge in [0.2, 0.25) is 0 Å². The van der Waals surface area contributed by atoms with Gasteiger partial charge in [-0.15, -0.1) is 0 Å². The van der Waals surface area contributed by atoms with E-state index in [9.17, 15) is 5.11 Å². The van der Waals surface area contributed by atoms with Crippen LogP contribution in [0.1, 0.15) is 30.5 Å². The number of hydrogen-bond donors (Lipinski definition) is 3. The largest absolute Gasteiger partial charge is 0.390 e. The lowest BCUT2D eigenvalue weighted by Gasteiger charge is -2.18. The van der Waals surface area contributed by atoms with E-state index in [4.69, 9.17) is 0 Å². The molecule has 1 aromatic carbocycles. The molecule has 0 saturated heterocycles. The molecule has 1 unspecified atom stereocenters. The van der Waals surface area contributed by atoms with E-state index in [1.165, 1.54) is 16.7 Å². The summed E-state index contributed by atoms with van der Waals surface area (Å²) in [6, 6.07) is 4.73. The highest BCUT2D eigenvalue weighted by atomic mass is 16.3. The average molecular weight is 250 g/mol. The molecule has 1 rings (SSSR count). The molecule has 18 heavy (non-hydrogen) atoms. The molecule has 3 nitrogen and oxygen atoms in total. The Morgan fingerprint density at radius 2 is 1.61 bits per heavy atom. The van der Waals surface area contributed by atoms with E-state index in [0.717, 1.165) is 5.69 Å². The molecule has 0 fully saturated rings. The van der Waals surface area contributed by atoms with E-state index in [0.29, 0.717) is 19.1 Å². The average Bonchev–Trinajstić information content (AvgIpc) is 2.24. The number of aryl methyl sites for hydroxylation is 3. The van der Waals surface area contributed by atoms with Gasteiger partial charge in [-0.2, -0.15) is 0 Å². The van der Waals surface area contributed by atoms with Gasteiger partial charge < -0.3 is 15.7 Å². The van der Waals surface area contributed by atoms with Gasteiger partial charge in [0.15, 0.2) is 0 Å². The first-order valence-corrected chi connectivity index (χ1v) is 6.63. The summed E-state index contributed by atoms with van der Waals surface area (Å²) in [4.78, 5) is 0. The molecule has 1 aromatic rings. The Morgan fingerprint density at radius 1 is 1.06 bits per heavy atom. The lowest BCUT2D eigenvalue weighted by molar-refractivity contribution is 0.181. The molecule has 0 heterocycles. The van der Waals surface area contributed by atoms with Crippen LogP contribution in [0, 0.1) is 20.8 Å². The summed E-state index contributed by atoms with van der Waals surface area (Å²) >= 11 is 0. The highest BCUT2D eigenvalue weighted by Gasteiger charge is 2.07. The molecule has 0 spiro atoms. The van der Waals surface area contributed by atoms with Crippen molar-refractivity contribution in [1.82, 2.24) is 5.32 Å². The fraction of sp³-hybridized carbons (Fsp3) is 0.600. The highest BCUT2D eigenvalue weighted by Crippen LogP contribution is 2.21. The zero-order valence-corrected chi connectivity index (χ0v) is 12.2. The van der Waals surface area contributed by atoms with Gasteiger partial charge in [-0.3, -0.25) is 0 Å². The van der Waals surface area contributed by atoms with Gasteiger partial charge in [-0.25, -0.2) is 0 Å². The summed E-state index contributed by atoms with van der Waals surface area (Å²) in [6.45, 7) is 11.6. The molecular weight excluding hydrogens is 224 g/mol. The van der Waals surface area contributed by atoms with Crippen LogP contribution in [0.4, 0.5) is 5.69 Å². The SMILES string of the molecule is Cc1cc(C)c(NCC(O)CNC(C)C)c(C)c1. The Balaban J connectivity index is 2.53. The lowest BCUT2D eigenvalue weighted by atomic mass is 10.0. The van der Waals surface area contributed by atoms with E-state index in [2.05, 4.69) is 57.4 Å². The molecule has 0 aliphatic heterocycles. The number of aliphatic hydroxyl groups is 1. The maximum absolute atomic E-state index is 9.87. The predicted octanol–water partition coefficient (Wildman–Crippen LogP) is 2.38. The quantitative estimate of drug-likeness (QED) is 0.726. The van der Waals surface area contributed by atoms with Gasteiger partial charge in [0.1, 0.15) is 0 Å². The Hall–Kier alpha value is -1.06. The van der Waals surface area contributed by atoms with Crippen LogP contribution < -0.4 is 10.6 Å². The Labute approximate surface area is 111 Å². The van der Waals surface area contributed by atoms with Gasteiger partial charge in [0.25, 0.3) is 0 Å². The molecule has 0 saturated carbocycles. The summed E-state index contributed by atoms with van der Waals surface area (Å²) < 4.78 is 0. The zero-order valence-electron chi connectivity index (χ0n) is 12.2. The van der Waals surface area contributed by atoms with Crippen LogP contribution in [0.3, 0.4) is 0 Å². The summed E-state index contributed by atoms with van der Waals surface area (Å²) in [7, 11) is 0. The fourth-order valence-corrected chi connectivity index (χ4v) is 2.12. The minimum absolute atomic E-state index is 0.368. The molecule has 0 aromatic heterocycles. The number of rotatable bonds is 6. The fourth-order valence-electron chi connectivity index (χ4n) is 2.12. The van der Waals surface area contributed by atoms with Gasteiger partial charge >= 0.3 is 0 Å². The lowest BCUT2D eigenvalue weighted by Crippen LogP contribution is -2.35. The van der Waals surface area contributed by atoms with Crippen LogP contribution >= 0.6 is 0 Å². The Kier molecular flexibility index (Phi) is 5.63. The maximum atomic E-state index is 9.87. The van der Waals surface area contributed by atoms with Crippen molar-refractivity contribution in [2.24, 2.45) is 0 Å². The zero-order chi connectivity index (χ0) is 13.7. The number of aliphatic hydroxyl groups excluding tert-OH is 1. The number of benzene rings is 1. The highest BCUT2D eigenvalue weighted by molar-refractivity contribution is 5.58. The number of hydrogen-bond acceptors (Lipinski definition) is 3. The normalized spacial score (nSPS) is 12.8. The van der Waals surface area contributed by atoms with Gasteiger partial charge in [-0.05, 0) is 31.9 Å². The molecule has 3 N–H and O–H groups in total. The van der Waals surface area contributed by atoms with Crippen LogP contribution in [0.2, 0.25) is 0 Å². The van der Waals surface area contributed by atoms with E-state index in [-0.39, 0.29) is 6.10 Å². The summed E-state index contributed by atoms with van der Waals surface area (Å²) in [6.07, 6.45) is -0.368. The maximum Gasteiger partial charge on any atom is 0.0836 e. The van der Waals surface area contributed by atoms with Crippen molar-refractivity contribution in [1.29, 1.82) is 0 Å². The third-order valence-electron chi connectivity index (χ3n) is 2.95.